The van der Waals surface area contributed by atoms with Crippen molar-refractivity contribution in [3.8, 4) is 0 Å². The van der Waals surface area contributed by atoms with Gasteiger partial charge in [-0.05, 0) is 37.9 Å². The Morgan fingerprint density at radius 3 is 2.72 bits per heavy atom. The van der Waals surface area contributed by atoms with Crippen molar-refractivity contribution in [3.63, 3.8) is 0 Å². The van der Waals surface area contributed by atoms with E-state index in [1.807, 2.05) is 6.26 Å². The molecule has 1 heterocycles. The minimum atomic E-state index is 0.309. The van der Waals surface area contributed by atoms with Crippen molar-refractivity contribution in [2.75, 3.05) is 23.9 Å². The van der Waals surface area contributed by atoms with Crippen LogP contribution in [-0.2, 0) is 0 Å². The van der Waals surface area contributed by atoms with Gasteiger partial charge in [-0.3, -0.25) is 0 Å². The van der Waals surface area contributed by atoms with Crippen LogP contribution in [0.4, 0.5) is 11.6 Å². The number of aromatic nitrogens is 2. The van der Waals surface area contributed by atoms with E-state index in [2.05, 4.69) is 15.3 Å². The van der Waals surface area contributed by atoms with E-state index in [-0.39, 0.29) is 0 Å². The van der Waals surface area contributed by atoms with Crippen molar-refractivity contribution < 1.29 is 5.11 Å². The quantitative estimate of drug-likeness (QED) is 0.570. The molecule has 4 N–H and O–H groups in total. The molecule has 100 valence electrons. The van der Waals surface area contributed by atoms with Crippen molar-refractivity contribution in [3.05, 3.63) is 6.07 Å². The molecule has 1 aromatic heterocycles. The Morgan fingerprint density at radius 2 is 2.11 bits per heavy atom. The monoisotopic (exact) mass is 268 g/mol. The van der Waals surface area contributed by atoms with Crippen LogP contribution >= 0.6 is 11.8 Å². The summed E-state index contributed by atoms with van der Waals surface area (Å²) in [5.41, 5.74) is 5.75. The smallest absolute Gasteiger partial charge is 0.191 e. The summed E-state index contributed by atoms with van der Waals surface area (Å²) in [5.74, 6) is 1.78. The molecule has 1 aromatic rings. The fraction of sp³-hybridized carbons (Fsp3) is 0.667. The molecule has 6 heteroatoms. The van der Waals surface area contributed by atoms with E-state index < -0.39 is 0 Å². The van der Waals surface area contributed by atoms with Gasteiger partial charge in [0, 0.05) is 18.7 Å². The Kier molecular flexibility index (Phi) is 4.66. The largest absolute Gasteiger partial charge is 0.396 e. The maximum atomic E-state index is 9.11. The summed E-state index contributed by atoms with van der Waals surface area (Å²) >= 11 is 1.49. The van der Waals surface area contributed by atoms with E-state index in [4.69, 9.17) is 10.8 Å². The summed E-state index contributed by atoms with van der Waals surface area (Å²) in [6.45, 7) is 0.309. The van der Waals surface area contributed by atoms with Gasteiger partial charge in [-0.25, -0.2) is 9.97 Å². The molecule has 0 aromatic carbocycles. The Bertz CT molecular complexity index is 394. The van der Waals surface area contributed by atoms with Gasteiger partial charge in [0.25, 0.3) is 0 Å². The maximum absolute atomic E-state index is 9.11. The second kappa shape index (κ2) is 6.24. The Labute approximate surface area is 112 Å². The normalized spacial score (nSPS) is 23.9. The van der Waals surface area contributed by atoms with Crippen LogP contribution in [0.25, 0.3) is 0 Å². The van der Waals surface area contributed by atoms with Gasteiger partial charge in [0.05, 0.1) is 0 Å². The van der Waals surface area contributed by atoms with Crippen molar-refractivity contribution in [1.82, 2.24) is 9.97 Å². The van der Waals surface area contributed by atoms with Crippen LogP contribution in [0.5, 0.6) is 0 Å². The molecule has 0 amide bonds. The second-order valence-corrected chi connectivity index (χ2v) is 5.48. The number of nitrogens with two attached hydrogens (primary N) is 1. The van der Waals surface area contributed by atoms with Crippen LogP contribution in [0.2, 0.25) is 0 Å². The average Bonchev–Trinajstić information content (AvgIpc) is 2.39. The molecule has 0 saturated heterocycles. The lowest BCUT2D eigenvalue weighted by Crippen LogP contribution is -2.27. The summed E-state index contributed by atoms with van der Waals surface area (Å²) in [6.07, 6.45) is 6.23. The molecule has 1 aliphatic rings. The SMILES string of the molecule is CSc1nc(N)cc(NC2CCC(CO)CC2)n1. The molecule has 1 fully saturated rings. The number of hydrogen-bond acceptors (Lipinski definition) is 6. The third-order valence-electron chi connectivity index (χ3n) is 3.36. The number of nitrogen functional groups attached to an aromatic ring is 1. The lowest BCUT2D eigenvalue weighted by Gasteiger charge is -2.28. The maximum Gasteiger partial charge on any atom is 0.191 e. The van der Waals surface area contributed by atoms with Crippen LogP contribution in [0.3, 0.4) is 0 Å². The van der Waals surface area contributed by atoms with Gasteiger partial charge in [0.15, 0.2) is 5.16 Å². The fourth-order valence-corrected chi connectivity index (χ4v) is 2.69. The first-order valence-electron chi connectivity index (χ1n) is 6.27. The molecule has 0 aliphatic heterocycles. The average molecular weight is 268 g/mol. The third-order valence-corrected chi connectivity index (χ3v) is 3.91. The van der Waals surface area contributed by atoms with E-state index in [9.17, 15) is 0 Å². The molecule has 0 unspecified atom stereocenters. The summed E-state index contributed by atoms with van der Waals surface area (Å²) in [4.78, 5) is 8.52. The number of hydrogen-bond donors (Lipinski definition) is 3. The number of aliphatic hydroxyl groups is 1. The zero-order valence-electron chi connectivity index (χ0n) is 10.6. The highest BCUT2D eigenvalue weighted by Crippen LogP contribution is 2.26. The second-order valence-electron chi connectivity index (χ2n) is 4.71. The van der Waals surface area contributed by atoms with Gasteiger partial charge in [-0.15, -0.1) is 0 Å². The topological polar surface area (TPSA) is 84.1 Å². The Balaban J connectivity index is 1.95. The van der Waals surface area contributed by atoms with Crippen molar-refractivity contribution in [2.45, 2.75) is 36.9 Å². The first kappa shape index (κ1) is 13.4. The van der Waals surface area contributed by atoms with Gasteiger partial charge in [-0.2, -0.15) is 0 Å². The third kappa shape index (κ3) is 3.49. The Morgan fingerprint density at radius 1 is 1.39 bits per heavy atom. The first-order valence-corrected chi connectivity index (χ1v) is 7.49. The lowest BCUT2D eigenvalue weighted by molar-refractivity contribution is 0.185. The fourth-order valence-electron chi connectivity index (χ4n) is 2.31. The molecular formula is C12H20N4OS. The summed E-state index contributed by atoms with van der Waals surface area (Å²) in [6, 6.07) is 2.20. The van der Waals surface area contributed by atoms with Gasteiger partial charge < -0.3 is 16.2 Å². The number of thioether (sulfide) groups is 1. The molecule has 18 heavy (non-hydrogen) atoms. The number of aliphatic hydroxyl groups excluding tert-OH is 1. The number of nitrogens with one attached hydrogen (secondary N) is 1. The molecule has 0 atom stereocenters. The van der Waals surface area contributed by atoms with E-state index in [1.165, 1.54) is 11.8 Å². The van der Waals surface area contributed by atoms with Gasteiger partial charge in [-0.1, -0.05) is 11.8 Å². The molecular weight excluding hydrogens is 248 g/mol. The molecule has 1 aliphatic carbocycles. The highest BCUT2D eigenvalue weighted by Gasteiger charge is 2.20. The minimum absolute atomic E-state index is 0.309. The van der Waals surface area contributed by atoms with Gasteiger partial charge in [0.2, 0.25) is 0 Å². The van der Waals surface area contributed by atoms with Crippen molar-refractivity contribution >= 4 is 23.4 Å². The van der Waals surface area contributed by atoms with Crippen LogP contribution in [0.15, 0.2) is 11.2 Å². The zero-order valence-corrected chi connectivity index (χ0v) is 11.4. The van der Waals surface area contributed by atoms with Crippen LogP contribution in [-0.4, -0.2) is 34.0 Å². The first-order chi connectivity index (χ1) is 8.71. The highest BCUT2D eigenvalue weighted by molar-refractivity contribution is 7.98. The standard InChI is InChI=1S/C12H20N4OS/c1-18-12-15-10(13)6-11(16-12)14-9-4-2-8(7-17)3-5-9/h6,8-9,17H,2-5,7H2,1H3,(H3,13,14,15,16). The number of anilines is 2. The number of rotatable bonds is 4. The lowest BCUT2D eigenvalue weighted by atomic mass is 9.86. The van der Waals surface area contributed by atoms with Crippen molar-refractivity contribution in [2.24, 2.45) is 5.92 Å². The van der Waals surface area contributed by atoms with Crippen LogP contribution < -0.4 is 11.1 Å². The molecule has 0 radical (unpaired) electrons. The van der Waals surface area contributed by atoms with E-state index in [0.29, 0.717) is 29.5 Å². The minimum Gasteiger partial charge on any atom is -0.396 e. The zero-order chi connectivity index (χ0) is 13.0. The highest BCUT2D eigenvalue weighted by atomic mass is 32.2. The van der Waals surface area contributed by atoms with Gasteiger partial charge >= 0.3 is 0 Å². The van der Waals surface area contributed by atoms with Crippen molar-refractivity contribution in [1.29, 1.82) is 0 Å². The molecule has 5 nitrogen and oxygen atoms in total. The van der Waals surface area contributed by atoms with Gasteiger partial charge in [0.1, 0.15) is 11.6 Å². The van der Waals surface area contributed by atoms with E-state index in [1.54, 1.807) is 6.07 Å². The summed E-state index contributed by atoms with van der Waals surface area (Å²) in [5, 5.41) is 13.2. The van der Waals surface area contributed by atoms with E-state index >= 15 is 0 Å². The van der Waals surface area contributed by atoms with Crippen LogP contribution in [0.1, 0.15) is 25.7 Å². The number of nitrogens with zero attached hydrogens (tertiary/aromatic N) is 2. The predicted octanol–water partition coefficient (Wildman–Crippen LogP) is 1.74. The summed E-state index contributed by atoms with van der Waals surface area (Å²) in [7, 11) is 0. The van der Waals surface area contributed by atoms with Crippen LogP contribution in [0, 0.1) is 5.92 Å². The summed E-state index contributed by atoms with van der Waals surface area (Å²) < 4.78 is 0. The predicted molar refractivity (Wildman–Crippen MR) is 74.7 cm³/mol. The van der Waals surface area contributed by atoms with E-state index in [0.717, 1.165) is 31.5 Å². The molecule has 2 rings (SSSR count). The Hall–Kier alpha value is -1.01. The molecule has 0 bridgehead atoms. The molecule has 1 saturated carbocycles. The molecule has 0 spiro atoms.